The van der Waals surface area contributed by atoms with Crippen molar-refractivity contribution in [2.24, 2.45) is 0 Å². The van der Waals surface area contributed by atoms with Crippen LogP contribution < -0.4 is 0 Å². The van der Waals surface area contributed by atoms with E-state index in [-0.39, 0.29) is 5.56 Å². The number of halogens is 1. The smallest absolute Gasteiger partial charge is 0.148 e. The summed E-state index contributed by atoms with van der Waals surface area (Å²) in [7, 11) is 0.742. The van der Waals surface area contributed by atoms with Gasteiger partial charge in [0, 0.05) is 0 Å². The Morgan fingerprint density at radius 1 is 2.00 bits per heavy atom. The van der Waals surface area contributed by atoms with Gasteiger partial charge >= 0.3 is 0 Å². The molecule has 0 N–H and O–H groups in total. The van der Waals surface area contributed by atoms with Crippen LogP contribution in [0.1, 0.15) is 6.92 Å². The number of rotatable bonds is 1. The normalized spacial score (nSPS) is 15.6. The summed E-state index contributed by atoms with van der Waals surface area (Å²) in [5, 5.41) is 0. The lowest BCUT2D eigenvalue weighted by atomic mass is 10.9. The van der Waals surface area contributed by atoms with Crippen molar-refractivity contribution >= 4 is 22.1 Å². The summed E-state index contributed by atoms with van der Waals surface area (Å²) in [6.07, 6.45) is 0. The predicted molar refractivity (Wildman–Crippen MR) is 26.3 cm³/mol. The summed E-state index contributed by atoms with van der Waals surface area (Å²) in [6.45, 7) is 1.80. The molecule has 1 nitrogen and oxygen atoms in total. The third-order valence-electron chi connectivity index (χ3n) is 0.325. The molecule has 0 aromatic carbocycles. The zero-order chi connectivity index (χ0) is 4.28. The second kappa shape index (κ2) is 2.69. The quantitative estimate of drug-likeness (QED) is 0.338. The Hall–Kier alpha value is 0.467. The van der Waals surface area contributed by atoms with Gasteiger partial charge in [0.2, 0.25) is 0 Å². The summed E-state index contributed by atoms with van der Waals surface area (Å²) in [5.41, 5.74) is -0.0818. The first-order chi connectivity index (χ1) is 2.27. The maximum atomic E-state index is 5.27. The summed E-state index contributed by atoms with van der Waals surface area (Å²) in [5.74, 6) is 0. The minimum absolute atomic E-state index is 0.0818. The lowest BCUT2D eigenvalue weighted by Crippen LogP contribution is -1.91. The first-order valence-electron chi connectivity index (χ1n) is 1.44. The molecule has 0 aliphatic carbocycles. The van der Waals surface area contributed by atoms with Gasteiger partial charge in [0.25, 0.3) is 0 Å². The van der Waals surface area contributed by atoms with E-state index in [0.29, 0.717) is 0 Å². The van der Waals surface area contributed by atoms with E-state index in [1.165, 1.54) is 0 Å². The zero-order valence-corrected chi connectivity index (χ0v) is 6.12. The minimum Gasteiger partial charge on any atom is -0.412 e. The predicted octanol–water partition coefficient (Wildman–Crippen LogP) is -0.132. The van der Waals surface area contributed by atoms with Gasteiger partial charge < -0.3 is 4.43 Å². The van der Waals surface area contributed by atoms with Crippen molar-refractivity contribution in [3.8, 4) is 0 Å². The molecule has 0 bridgehead atoms. The fraction of sp³-hybridized carbons (Fsp3) is 1.00. The highest BCUT2D eigenvalue weighted by molar-refractivity contribution is 6.20. The van der Waals surface area contributed by atoms with Gasteiger partial charge in [0.1, 0.15) is 16.0 Å². The molecule has 0 aromatic heterocycles. The van der Waals surface area contributed by atoms with Gasteiger partial charge in [-0.1, -0.05) is 11.6 Å². The lowest BCUT2D eigenvalue weighted by molar-refractivity contribution is 0.332. The van der Waals surface area contributed by atoms with Gasteiger partial charge in [-0.25, -0.2) is 0 Å². The average Bonchev–Trinajstić information content (AvgIpc) is 1.38. The second-order valence-electron chi connectivity index (χ2n) is 0.779. The van der Waals surface area contributed by atoms with E-state index in [2.05, 4.69) is 4.43 Å². The summed E-state index contributed by atoms with van der Waals surface area (Å²) in [6, 6.07) is 0. The highest BCUT2D eigenvalue weighted by Crippen LogP contribution is 1.88. The summed E-state index contributed by atoms with van der Waals surface area (Å²) in [4.78, 5) is 0. The van der Waals surface area contributed by atoms with Crippen molar-refractivity contribution in [1.29, 1.82) is 0 Å². The summed E-state index contributed by atoms with van der Waals surface area (Å²) < 4.78 is 4.65. The molecule has 0 amide bonds. The molecule has 0 aliphatic heterocycles. The van der Waals surface area contributed by atoms with Gasteiger partial charge in [-0.15, -0.1) is 0 Å². The minimum atomic E-state index is -0.0818. The Kier molecular flexibility index (Phi) is 2.94. The van der Waals surface area contributed by atoms with Crippen LogP contribution in [0.4, 0.5) is 0 Å². The van der Waals surface area contributed by atoms with Gasteiger partial charge in [-0.3, -0.25) is 0 Å². The van der Waals surface area contributed by atoms with E-state index in [0.717, 1.165) is 10.5 Å². The molecule has 1 atom stereocenters. The molecule has 0 aromatic rings. The number of hydrogen-bond acceptors (Lipinski definition) is 1. The van der Waals surface area contributed by atoms with Crippen LogP contribution in [0, 0.1) is 0 Å². The van der Waals surface area contributed by atoms with Crippen LogP contribution in [0.15, 0.2) is 0 Å². The molecule has 0 saturated carbocycles. The average molecular weight is 111 g/mol. The van der Waals surface area contributed by atoms with E-state index in [4.69, 9.17) is 11.6 Å². The van der Waals surface area contributed by atoms with Crippen LogP contribution in [-0.4, -0.2) is 16.0 Å². The lowest BCUT2D eigenvalue weighted by Gasteiger charge is -1.92. The van der Waals surface area contributed by atoms with E-state index < -0.39 is 0 Å². The number of hydrogen-bond donors (Lipinski definition) is 0. The molecular weight excluding hydrogens is 104 g/mol. The van der Waals surface area contributed by atoms with Crippen molar-refractivity contribution in [3.05, 3.63) is 0 Å². The van der Waals surface area contributed by atoms with Crippen molar-refractivity contribution in [3.63, 3.8) is 0 Å². The Morgan fingerprint density at radius 3 is 2.20 bits per heavy atom. The fourth-order valence-electron chi connectivity index (χ4n) is 0. The van der Waals surface area contributed by atoms with E-state index in [1.54, 1.807) is 6.92 Å². The standard InChI is InChI=1S/C2H7ClOSi/c1-2(3)4-5/h2H,1,5H3. The van der Waals surface area contributed by atoms with Crippen LogP contribution in [0.3, 0.4) is 0 Å². The molecule has 0 rings (SSSR count). The van der Waals surface area contributed by atoms with Crippen molar-refractivity contribution in [1.82, 2.24) is 0 Å². The second-order valence-corrected chi connectivity index (χ2v) is 1.86. The van der Waals surface area contributed by atoms with Crippen LogP contribution in [0.25, 0.3) is 0 Å². The SMILES string of the molecule is CC(Cl)O[SiH3]. The van der Waals surface area contributed by atoms with Gasteiger partial charge in [0.15, 0.2) is 0 Å². The molecule has 32 valence electrons. The fourth-order valence-corrected chi connectivity index (χ4v) is 0. The largest absolute Gasteiger partial charge is 0.412 e. The van der Waals surface area contributed by atoms with E-state index >= 15 is 0 Å². The van der Waals surface area contributed by atoms with E-state index in [9.17, 15) is 0 Å². The van der Waals surface area contributed by atoms with Crippen LogP contribution in [0.2, 0.25) is 0 Å². The monoisotopic (exact) mass is 110 g/mol. The molecule has 1 unspecified atom stereocenters. The molecule has 5 heavy (non-hydrogen) atoms. The number of alkyl halides is 1. The first kappa shape index (κ1) is 5.47. The Morgan fingerprint density at radius 2 is 2.20 bits per heavy atom. The van der Waals surface area contributed by atoms with Gasteiger partial charge in [0.05, 0.1) is 0 Å². The summed E-state index contributed by atoms with van der Waals surface area (Å²) >= 11 is 5.27. The Bertz CT molecular complexity index is 23.6. The van der Waals surface area contributed by atoms with Gasteiger partial charge in [-0.05, 0) is 6.92 Å². The zero-order valence-electron chi connectivity index (χ0n) is 3.36. The third-order valence-corrected chi connectivity index (χ3v) is 1.51. The topological polar surface area (TPSA) is 9.23 Å². The van der Waals surface area contributed by atoms with Crippen LogP contribution in [-0.2, 0) is 4.43 Å². The van der Waals surface area contributed by atoms with Crippen molar-refractivity contribution in [2.75, 3.05) is 0 Å². The Labute approximate surface area is 39.8 Å². The maximum Gasteiger partial charge on any atom is 0.148 e. The van der Waals surface area contributed by atoms with Gasteiger partial charge in [-0.2, -0.15) is 0 Å². The van der Waals surface area contributed by atoms with Crippen molar-refractivity contribution < 1.29 is 4.43 Å². The Balaban J connectivity index is 2.54. The molecule has 0 radical (unpaired) electrons. The molecule has 3 heteroatoms. The molecule has 0 fully saturated rings. The molecule has 0 aliphatic rings. The van der Waals surface area contributed by atoms with E-state index in [1.807, 2.05) is 0 Å². The third kappa shape index (κ3) is 4.47. The first-order valence-corrected chi connectivity index (χ1v) is 2.69. The van der Waals surface area contributed by atoms with Crippen LogP contribution >= 0.6 is 11.6 Å². The molecule has 0 saturated heterocycles. The molecule has 0 heterocycles. The molecule has 0 spiro atoms. The maximum absolute atomic E-state index is 5.27. The van der Waals surface area contributed by atoms with Crippen molar-refractivity contribution in [2.45, 2.75) is 12.5 Å². The molecular formula is C2H7ClOSi. The highest BCUT2D eigenvalue weighted by atomic mass is 35.5. The highest BCUT2D eigenvalue weighted by Gasteiger charge is 1.81. The van der Waals surface area contributed by atoms with Crippen LogP contribution in [0.5, 0.6) is 0 Å².